The van der Waals surface area contributed by atoms with Crippen molar-refractivity contribution < 1.29 is 14.9 Å². The highest BCUT2D eigenvalue weighted by molar-refractivity contribution is 7.15. The second-order valence-corrected chi connectivity index (χ2v) is 6.28. The summed E-state index contributed by atoms with van der Waals surface area (Å²) >= 11 is 1.41. The van der Waals surface area contributed by atoms with Gasteiger partial charge in [0, 0.05) is 18.5 Å². The summed E-state index contributed by atoms with van der Waals surface area (Å²) in [6.07, 6.45) is 2.74. The summed E-state index contributed by atoms with van der Waals surface area (Å²) in [6.45, 7) is 1.87. The molecule has 0 spiro atoms. The minimum Gasteiger partial charge on any atom is -0.491 e. The van der Waals surface area contributed by atoms with E-state index in [0.29, 0.717) is 22.4 Å². The minimum atomic E-state index is -0.592. The lowest BCUT2D eigenvalue weighted by Gasteiger charge is -2.08. The van der Waals surface area contributed by atoms with Crippen molar-refractivity contribution in [2.75, 3.05) is 18.5 Å². The van der Waals surface area contributed by atoms with Crippen molar-refractivity contribution in [1.82, 2.24) is 15.0 Å². The van der Waals surface area contributed by atoms with Gasteiger partial charge in [-0.3, -0.25) is 0 Å². The first-order chi connectivity index (χ1) is 12.2. The summed E-state index contributed by atoms with van der Waals surface area (Å²) in [5, 5.41) is 22.2. The van der Waals surface area contributed by atoms with E-state index in [1.54, 1.807) is 31.5 Å². The molecule has 0 aromatic carbocycles. The maximum atomic E-state index is 9.60. The highest BCUT2D eigenvalue weighted by Gasteiger charge is 2.10. The average Bonchev–Trinajstić information content (AvgIpc) is 3.11. The summed E-state index contributed by atoms with van der Waals surface area (Å²) in [6, 6.07) is 9.07. The standard InChI is InChI=1S/C17H18N4O3S/c1-11(23)17-19-10-14(25-17)13-3-2-4-15(20-13)21-16-9-12(5-6-18-16)24-8-7-22/h2-6,9-11,22-23H,7-8H2,1H3,(H,18,20,21)/t11-/m0/s1. The van der Waals surface area contributed by atoms with Crippen LogP contribution in [0, 0.1) is 0 Å². The fourth-order valence-electron chi connectivity index (χ4n) is 2.10. The quantitative estimate of drug-likeness (QED) is 0.597. The number of pyridine rings is 2. The number of ether oxygens (including phenoxy) is 1. The van der Waals surface area contributed by atoms with Gasteiger partial charge in [-0.05, 0) is 25.1 Å². The maximum Gasteiger partial charge on any atom is 0.135 e. The Morgan fingerprint density at radius 3 is 2.88 bits per heavy atom. The van der Waals surface area contributed by atoms with Crippen molar-refractivity contribution in [3.63, 3.8) is 0 Å². The lowest BCUT2D eigenvalue weighted by Crippen LogP contribution is -2.02. The molecule has 3 N–H and O–H groups in total. The Hall–Kier alpha value is -2.55. The molecule has 0 unspecified atom stereocenters. The summed E-state index contributed by atoms with van der Waals surface area (Å²) in [4.78, 5) is 13.9. The van der Waals surface area contributed by atoms with Crippen molar-refractivity contribution in [3.8, 4) is 16.3 Å². The highest BCUT2D eigenvalue weighted by atomic mass is 32.1. The molecule has 3 aromatic rings. The third-order valence-electron chi connectivity index (χ3n) is 3.23. The lowest BCUT2D eigenvalue weighted by atomic mass is 10.3. The molecule has 0 aliphatic rings. The molecule has 1 atom stereocenters. The normalized spacial score (nSPS) is 12.0. The lowest BCUT2D eigenvalue weighted by molar-refractivity contribution is 0.199. The van der Waals surface area contributed by atoms with Gasteiger partial charge in [-0.2, -0.15) is 0 Å². The molecular weight excluding hydrogens is 340 g/mol. The molecule has 0 fully saturated rings. The number of nitrogens with one attached hydrogen (secondary N) is 1. The predicted molar refractivity (Wildman–Crippen MR) is 96.1 cm³/mol. The second kappa shape index (κ2) is 8.02. The van der Waals surface area contributed by atoms with Gasteiger partial charge in [0.2, 0.25) is 0 Å². The number of hydrogen-bond donors (Lipinski definition) is 3. The fourth-order valence-corrected chi connectivity index (χ4v) is 2.93. The zero-order chi connectivity index (χ0) is 17.6. The molecule has 3 aromatic heterocycles. The van der Waals surface area contributed by atoms with Gasteiger partial charge in [0.15, 0.2) is 0 Å². The molecule has 3 rings (SSSR count). The van der Waals surface area contributed by atoms with Crippen LogP contribution in [0.25, 0.3) is 10.6 Å². The molecule has 8 heteroatoms. The van der Waals surface area contributed by atoms with E-state index in [1.165, 1.54) is 11.3 Å². The van der Waals surface area contributed by atoms with Gasteiger partial charge in [-0.1, -0.05) is 6.07 Å². The van der Waals surface area contributed by atoms with Crippen LogP contribution in [0.3, 0.4) is 0 Å². The molecule has 3 heterocycles. The van der Waals surface area contributed by atoms with Gasteiger partial charge in [0.05, 0.1) is 17.2 Å². The third kappa shape index (κ3) is 4.50. The Balaban J connectivity index is 1.77. The number of nitrogens with zero attached hydrogens (tertiary/aromatic N) is 3. The largest absolute Gasteiger partial charge is 0.491 e. The molecule has 25 heavy (non-hydrogen) atoms. The third-order valence-corrected chi connectivity index (χ3v) is 4.42. The zero-order valence-electron chi connectivity index (χ0n) is 13.6. The van der Waals surface area contributed by atoms with Crippen LogP contribution in [-0.2, 0) is 0 Å². The van der Waals surface area contributed by atoms with E-state index >= 15 is 0 Å². The Bertz CT molecular complexity index is 838. The van der Waals surface area contributed by atoms with Crippen molar-refractivity contribution in [1.29, 1.82) is 0 Å². The summed E-state index contributed by atoms with van der Waals surface area (Å²) < 4.78 is 5.37. The van der Waals surface area contributed by atoms with Crippen LogP contribution in [0.15, 0.2) is 42.7 Å². The molecule has 0 aliphatic heterocycles. The Labute approximate surface area is 149 Å². The minimum absolute atomic E-state index is 0.0437. The van der Waals surface area contributed by atoms with Crippen LogP contribution < -0.4 is 10.1 Å². The van der Waals surface area contributed by atoms with Crippen LogP contribution in [0.2, 0.25) is 0 Å². The number of hydrogen-bond acceptors (Lipinski definition) is 8. The van der Waals surface area contributed by atoms with Gasteiger partial charge in [-0.15, -0.1) is 11.3 Å². The highest BCUT2D eigenvalue weighted by Crippen LogP contribution is 2.29. The van der Waals surface area contributed by atoms with Gasteiger partial charge < -0.3 is 20.3 Å². The number of anilines is 2. The first-order valence-electron chi connectivity index (χ1n) is 7.73. The van der Waals surface area contributed by atoms with E-state index in [4.69, 9.17) is 9.84 Å². The predicted octanol–water partition coefficient (Wildman–Crippen LogP) is 2.77. The summed E-state index contributed by atoms with van der Waals surface area (Å²) in [5.41, 5.74) is 0.766. The van der Waals surface area contributed by atoms with Gasteiger partial charge in [-0.25, -0.2) is 15.0 Å². The number of rotatable bonds is 7. The number of aliphatic hydroxyl groups excluding tert-OH is 2. The van der Waals surface area contributed by atoms with Crippen molar-refractivity contribution in [2.24, 2.45) is 0 Å². The van der Waals surface area contributed by atoms with Crippen LogP contribution in [0.1, 0.15) is 18.0 Å². The SMILES string of the molecule is C[C@H](O)c1ncc(-c2cccc(Nc3cc(OCCO)ccn3)n2)s1. The van der Waals surface area contributed by atoms with E-state index in [-0.39, 0.29) is 13.2 Å². The maximum absolute atomic E-state index is 9.60. The van der Waals surface area contributed by atoms with Gasteiger partial charge >= 0.3 is 0 Å². The first-order valence-corrected chi connectivity index (χ1v) is 8.55. The van der Waals surface area contributed by atoms with E-state index in [0.717, 1.165) is 10.6 Å². The molecule has 7 nitrogen and oxygen atoms in total. The Morgan fingerprint density at radius 1 is 1.24 bits per heavy atom. The zero-order valence-corrected chi connectivity index (χ0v) is 14.4. The topological polar surface area (TPSA) is 100 Å². The number of aromatic nitrogens is 3. The van der Waals surface area contributed by atoms with E-state index in [1.807, 2.05) is 18.2 Å². The van der Waals surface area contributed by atoms with E-state index < -0.39 is 6.10 Å². The van der Waals surface area contributed by atoms with Crippen LogP contribution in [0.4, 0.5) is 11.6 Å². The van der Waals surface area contributed by atoms with Crippen molar-refractivity contribution in [2.45, 2.75) is 13.0 Å². The number of thiazole rings is 1. The van der Waals surface area contributed by atoms with E-state index in [9.17, 15) is 5.11 Å². The monoisotopic (exact) mass is 358 g/mol. The average molecular weight is 358 g/mol. The summed E-state index contributed by atoms with van der Waals surface area (Å²) in [7, 11) is 0. The Morgan fingerprint density at radius 2 is 2.12 bits per heavy atom. The summed E-state index contributed by atoms with van der Waals surface area (Å²) in [5.74, 6) is 1.84. The first kappa shape index (κ1) is 17.3. The van der Waals surface area contributed by atoms with Gasteiger partial charge in [0.25, 0.3) is 0 Å². The van der Waals surface area contributed by atoms with Crippen molar-refractivity contribution >= 4 is 23.0 Å². The molecule has 0 radical (unpaired) electrons. The number of aliphatic hydroxyl groups is 2. The van der Waals surface area contributed by atoms with E-state index in [2.05, 4.69) is 20.3 Å². The molecule has 130 valence electrons. The fraction of sp³-hybridized carbons (Fsp3) is 0.235. The second-order valence-electron chi connectivity index (χ2n) is 5.22. The van der Waals surface area contributed by atoms with Crippen LogP contribution >= 0.6 is 11.3 Å². The molecule has 0 aliphatic carbocycles. The molecular formula is C17H18N4O3S. The van der Waals surface area contributed by atoms with Crippen LogP contribution in [0.5, 0.6) is 5.75 Å². The van der Waals surface area contributed by atoms with Crippen molar-refractivity contribution in [3.05, 3.63) is 47.7 Å². The molecule has 0 amide bonds. The smallest absolute Gasteiger partial charge is 0.135 e. The van der Waals surface area contributed by atoms with Gasteiger partial charge in [0.1, 0.15) is 35.1 Å². The molecule has 0 bridgehead atoms. The Kier molecular flexibility index (Phi) is 5.54. The van der Waals surface area contributed by atoms with Crippen LogP contribution in [-0.4, -0.2) is 38.4 Å². The molecule has 0 saturated heterocycles. The molecule has 0 saturated carbocycles.